The van der Waals surface area contributed by atoms with Crippen molar-refractivity contribution in [3.63, 3.8) is 0 Å². The summed E-state index contributed by atoms with van der Waals surface area (Å²) >= 11 is 0.0551. The van der Waals surface area contributed by atoms with Crippen LogP contribution in [0, 0.1) is 0 Å². The van der Waals surface area contributed by atoms with Gasteiger partial charge in [-0.05, 0) is 27.1 Å². The van der Waals surface area contributed by atoms with E-state index in [0.29, 0.717) is 13.0 Å². The van der Waals surface area contributed by atoms with Crippen molar-refractivity contribution in [3.05, 3.63) is 0 Å². The van der Waals surface area contributed by atoms with Crippen LogP contribution in [-0.4, -0.2) is 84.0 Å². The van der Waals surface area contributed by atoms with Gasteiger partial charge in [-0.15, -0.1) is 11.8 Å². The summed E-state index contributed by atoms with van der Waals surface area (Å²) < 4.78 is 115. The largest absolute Gasteiger partial charge is 0.480 e. The van der Waals surface area contributed by atoms with Crippen molar-refractivity contribution in [1.82, 2.24) is 10.2 Å². The van der Waals surface area contributed by atoms with Crippen LogP contribution in [0.5, 0.6) is 0 Å². The Morgan fingerprint density at radius 1 is 1.00 bits per heavy atom. The van der Waals surface area contributed by atoms with E-state index in [4.69, 9.17) is 5.11 Å². The van der Waals surface area contributed by atoms with E-state index in [1.165, 1.54) is 0 Å². The fourth-order valence-electron chi connectivity index (χ4n) is 1.98. The second-order valence-corrected chi connectivity index (χ2v) is 7.82. The molecule has 0 aliphatic rings. The molecular formula is C15H21F9N2O3S. The van der Waals surface area contributed by atoms with Crippen molar-refractivity contribution >= 4 is 23.6 Å². The molecule has 1 unspecified atom stereocenters. The van der Waals surface area contributed by atoms with Gasteiger partial charge in [0.2, 0.25) is 5.91 Å². The lowest BCUT2D eigenvalue weighted by molar-refractivity contribution is -0.396. The molecule has 0 saturated carbocycles. The summed E-state index contributed by atoms with van der Waals surface area (Å²) in [6, 6.07) is 0. The summed E-state index contributed by atoms with van der Waals surface area (Å²) in [5, 5.41) is 9.65. The highest BCUT2D eigenvalue weighted by Gasteiger charge is 2.81. The van der Waals surface area contributed by atoms with Crippen LogP contribution < -0.4 is 5.32 Å². The van der Waals surface area contributed by atoms with Gasteiger partial charge in [-0.3, -0.25) is 9.59 Å². The Morgan fingerprint density at radius 2 is 1.53 bits per heavy atom. The molecule has 0 aromatic rings. The normalized spacial score (nSPS) is 14.7. The summed E-state index contributed by atoms with van der Waals surface area (Å²) in [7, 11) is 3.53. The Labute approximate surface area is 170 Å². The van der Waals surface area contributed by atoms with Crippen molar-refractivity contribution in [2.75, 3.05) is 32.9 Å². The SMILES string of the molecule is CN(C)CCCNC(=O)CC(SCCC(F)(F)C(F)(F)C(F)(F)C(F)(F)F)C(=O)O. The first-order chi connectivity index (χ1) is 13.4. The lowest BCUT2D eigenvalue weighted by Gasteiger charge is -2.33. The number of hydrogen-bond donors (Lipinski definition) is 2. The molecule has 30 heavy (non-hydrogen) atoms. The summed E-state index contributed by atoms with van der Waals surface area (Å²) in [6.45, 7) is 0.772. The highest BCUT2D eigenvalue weighted by molar-refractivity contribution is 8.00. The predicted octanol–water partition coefficient (Wildman–Crippen LogP) is 3.49. The molecule has 1 amide bonds. The molecular weight excluding hydrogens is 459 g/mol. The minimum absolute atomic E-state index is 0.0551. The van der Waals surface area contributed by atoms with Crippen LogP contribution in [0.2, 0.25) is 0 Å². The molecule has 0 radical (unpaired) electrons. The molecule has 1 atom stereocenters. The average molecular weight is 480 g/mol. The molecule has 178 valence electrons. The first kappa shape index (κ1) is 28.6. The zero-order chi connectivity index (χ0) is 24.0. The molecule has 0 aliphatic heterocycles. The van der Waals surface area contributed by atoms with Crippen LogP contribution in [0.4, 0.5) is 39.5 Å². The quantitative estimate of drug-likeness (QED) is 0.312. The number of halogens is 9. The number of nitrogens with zero attached hydrogens (tertiary/aromatic N) is 1. The Balaban J connectivity index is 4.85. The number of aliphatic carboxylic acids is 1. The van der Waals surface area contributed by atoms with Crippen LogP contribution in [0.25, 0.3) is 0 Å². The van der Waals surface area contributed by atoms with Crippen LogP contribution in [0.3, 0.4) is 0 Å². The van der Waals surface area contributed by atoms with Gasteiger partial charge in [-0.2, -0.15) is 39.5 Å². The van der Waals surface area contributed by atoms with Crippen LogP contribution >= 0.6 is 11.8 Å². The molecule has 15 heteroatoms. The number of alkyl halides is 9. The third-order valence-electron chi connectivity index (χ3n) is 3.70. The molecule has 5 nitrogen and oxygen atoms in total. The van der Waals surface area contributed by atoms with Gasteiger partial charge < -0.3 is 15.3 Å². The Kier molecular flexibility index (Phi) is 10.3. The van der Waals surface area contributed by atoms with Gasteiger partial charge in [0.25, 0.3) is 0 Å². The highest BCUT2D eigenvalue weighted by Crippen LogP contribution is 2.54. The van der Waals surface area contributed by atoms with Gasteiger partial charge >= 0.3 is 29.9 Å². The van der Waals surface area contributed by atoms with Crippen molar-refractivity contribution < 1.29 is 54.2 Å². The zero-order valence-corrected chi connectivity index (χ0v) is 16.7. The Bertz CT molecular complexity index is 586. The summed E-state index contributed by atoms with van der Waals surface area (Å²) in [6.07, 6.45) is -9.30. The summed E-state index contributed by atoms with van der Waals surface area (Å²) in [5.74, 6) is -23.2. The molecule has 0 saturated heterocycles. The van der Waals surface area contributed by atoms with Gasteiger partial charge in [-0.1, -0.05) is 0 Å². The second-order valence-electron chi connectivity index (χ2n) is 6.51. The molecule has 0 aliphatic carbocycles. The smallest absolute Gasteiger partial charge is 0.460 e. The van der Waals surface area contributed by atoms with E-state index in [-0.39, 0.29) is 18.3 Å². The number of rotatable bonds is 13. The number of thioether (sulfide) groups is 1. The molecule has 0 spiro atoms. The van der Waals surface area contributed by atoms with Crippen molar-refractivity contribution in [3.8, 4) is 0 Å². The first-order valence-electron chi connectivity index (χ1n) is 8.33. The average Bonchev–Trinajstić information content (AvgIpc) is 2.56. The maximum absolute atomic E-state index is 13.4. The third-order valence-corrected chi connectivity index (χ3v) is 4.91. The minimum atomic E-state index is -6.99. The van der Waals surface area contributed by atoms with E-state index in [2.05, 4.69) is 5.32 Å². The molecule has 0 rings (SSSR count). The maximum atomic E-state index is 13.4. The van der Waals surface area contributed by atoms with E-state index < -0.39 is 59.7 Å². The fraction of sp³-hybridized carbons (Fsp3) is 0.867. The topological polar surface area (TPSA) is 69.6 Å². The number of amides is 1. The minimum Gasteiger partial charge on any atom is -0.480 e. The van der Waals surface area contributed by atoms with Crippen molar-refractivity contribution in [2.45, 2.75) is 48.5 Å². The number of nitrogens with one attached hydrogen (secondary N) is 1. The number of hydrogen-bond acceptors (Lipinski definition) is 4. The molecule has 0 bridgehead atoms. The Morgan fingerprint density at radius 3 is 1.97 bits per heavy atom. The fourth-order valence-corrected chi connectivity index (χ4v) is 3.05. The van der Waals surface area contributed by atoms with Crippen LogP contribution in [0.1, 0.15) is 19.3 Å². The van der Waals surface area contributed by atoms with E-state index in [0.717, 1.165) is 0 Å². The predicted molar refractivity (Wildman–Crippen MR) is 90.2 cm³/mol. The van der Waals surface area contributed by atoms with E-state index in [9.17, 15) is 49.1 Å². The maximum Gasteiger partial charge on any atom is 0.460 e. The van der Waals surface area contributed by atoms with Crippen LogP contribution in [0.15, 0.2) is 0 Å². The van der Waals surface area contributed by atoms with E-state index >= 15 is 0 Å². The van der Waals surface area contributed by atoms with Gasteiger partial charge in [-0.25, -0.2) is 0 Å². The molecule has 2 N–H and O–H groups in total. The number of carbonyl (C=O) groups excluding carboxylic acids is 1. The summed E-state index contributed by atoms with van der Waals surface area (Å²) in [5.41, 5.74) is 0. The van der Waals surface area contributed by atoms with Gasteiger partial charge in [0.05, 0.1) is 0 Å². The standard InChI is InChI=1S/C15H21F9N2O3S/c1-26(2)6-3-5-25-10(27)8-9(11(28)29)30-7-4-12(16,17)13(18,19)14(20,21)15(22,23)24/h9H,3-8H2,1-2H3,(H,25,27)(H,28,29). The van der Waals surface area contributed by atoms with Crippen molar-refractivity contribution in [2.24, 2.45) is 0 Å². The third kappa shape index (κ3) is 7.71. The first-order valence-corrected chi connectivity index (χ1v) is 9.37. The van der Waals surface area contributed by atoms with Gasteiger partial charge in [0.15, 0.2) is 0 Å². The molecule has 0 fully saturated rings. The second kappa shape index (κ2) is 10.8. The highest BCUT2D eigenvalue weighted by atomic mass is 32.2. The number of carbonyl (C=O) groups is 2. The van der Waals surface area contributed by atoms with E-state index in [1.54, 1.807) is 19.0 Å². The van der Waals surface area contributed by atoms with Gasteiger partial charge in [0, 0.05) is 25.1 Å². The Hall–Kier alpha value is -1.38. The van der Waals surface area contributed by atoms with Gasteiger partial charge in [0.1, 0.15) is 5.25 Å². The number of carboxylic acid groups (broad SMARTS) is 1. The lowest BCUT2D eigenvalue weighted by Crippen LogP contribution is -2.61. The molecule has 0 heterocycles. The number of carboxylic acids is 1. The lowest BCUT2D eigenvalue weighted by atomic mass is 10.0. The van der Waals surface area contributed by atoms with Crippen molar-refractivity contribution in [1.29, 1.82) is 0 Å². The van der Waals surface area contributed by atoms with E-state index in [1.807, 2.05) is 0 Å². The molecule has 0 aromatic heterocycles. The monoisotopic (exact) mass is 480 g/mol. The summed E-state index contributed by atoms with van der Waals surface area (Å²) in [4.78, 5) is 24.6. The zero-order valence-electron chi connectivity index (χ0n) is 15.8. The molecule has 0 aromatic carbocycles. The van der Waals surface area contributed by atoms with Crippen LogP contribution in [-0.2, 0) is 9.59 Å².